The van der Waals surface area contributed by atoms with E-state index < -0.39 is 15.8 Å². The van der Waals surface area contributed by atoms with E-state index in [1.54, 1.807) is 0 Å². The third-order valence-corrected chi connectivity index (χ3v) is 5.41. The number of nitrogens with one attached hydrogen (secondary N) is 1. The van der Waals surface area contributed by atoms with Gasteiger partial charge in [-0.2, -0.15) is 0 Å². The molecule has 3 nitrogen and oxygen atoms in total. The summed E-state index contributed by atoms with van der Waals surface area (Å²) in [6, 6.07) is 12.8. The molecule has 0 bridgehead atoms. The van der Waals surface area contributed by atoms with E-state index in [1.165, 1.54) is 12.1 Å². The minimum absolute atomic E-state index is 0.0679. The third-order valence-electron chi connectivity index (χ3n) is 3.46. The quantitative estimate of drug-likeness (QED) is 0.793. The number of sulfonamides is 1. The predicted octanol–water partition coefficient (Wildman–Crippen LogP) is 4.14. The minimum atomic E-state index is -3.63. The predicted molar refractivity (Wildman–Crippen MR) is 93.2 cm³/mol. The number of halogens is 2. The molecule has 0 radical (unpaired) electrons. The minimum Gasteiger partial charge on any atom is -0.211 e. The van der Waals surface area contributed by atoms with Crippen LogP contribution in [0, 0.1) is 11.2 Å². The Kier molecular flexibility index (Phi) is 5.60. The fraction of sp³-hybridized carbons (Fsp3) is 0.294. The lowest BCUT2D eigenvalue weighted by molar-refractivity contribution is 0.361. The van der Waals surface area contributed by atoms with Crippen LogP contribution in [-0.2, 0) is 16.4 Å². The molecule has 0 heterocycles. The van der Waals surface area contributed by atoms with E-state index in [-0.39, 0.29) is 10.3 Å². The fourth-order valence-electron chi connectivity index (χ4n) is 2.20. The molecular formula is C17H19BrFNO2S. The first-order valence-corrected chi connectivity index (χ1v) is 9.45. The van der Waals surface area contributed by atoms with Gasteiger partial charge in [-0.3, -0.25) is 0 Å². The Hall–Kier alpha value is -1.24. The summed E-state index contributed by atoms with van der Waals surface area (Å²) in [7, 11) is -3.63. The van der Waals surface area contributed by atoms with Gasteiger partial charge in [0.1, 0.15) is 5.82 Å². The van der Waals surface area contributed by atoms with Crippen LogP contribution >= 0.6 is 15.9 Å². The van der Waals surface area contributed by atoms with E-state index >= 15 is 0 Å². The average Bonchev–Trinajstić information content (AvgIpc) is 2.48. The first-order chi connectivity index (χ1) is 10.7. The summed E-state index contributed by atoms with van der Waals surface area (Å²) < 4.78 is 41.0. The SMILES string of the molecule is CC(C)(CNS(=O)(=O)c1ccc(F)cc1)Cc1ccc(Br)cc1. The normalized spacial score (nSPS) is 12.3. The van der Waals surface area contributed by atoms with Crippen LogP contribution in [0.25, 0.3) is 0 Å². The summed E-state index contributed by atoms with van der Waals surface area (Å²) in [5, 5.41) is 0. The number of benzene rings is 2. The Morgan fingerprint density at radius 3 is 2.17 bits per heavy atom. The van der Waals surface area contributed by atoms with Gasteiger partial charge in [0.05, 0.1) is 4.90 Å². The van der Waals surface area contributed by atoms with Crippen molar-refractivity contribution in [1.29, 1.82) is 0 Å². The van der Waals surface area contributed by atoms with Crippen molar-refractivity contribution in [2.24, 2.45) is 5.41 Å². The molecule has 23 heavy (non-hydrogen) atoms. The lowest BCUT2D eigenvalue weighted by atomic mass is 9.86. The van der Waals surface area contributed by atoms with Gasteiger partial charge in [-0.15, -0.1) is 0 Å². The van der Waals surface area contributed by atoms with Crippen LogP contribution in [0.4, 0.5) is 4.39 Å². The van der Waals surface area contributed by atoms with Crippen LogP contribution in [0.1, 0.15) is 19.4 Å². The van der Waals surface area contributed by atoms with Crippen LogP contribution in [0.5, 0.6) is 0 Å². The molecule has 6 heteroatoms. The van der Waals surface area contributed by atoms with Crippen molar-refractivity contribution in [3.05, 3.63) is 64.4 Å². The van der Waals surface area contributed by atoms with Gasteiger partial charge >= 0.3 is 0 Å². The summed E-state index contributed by atoms with van der Waals surface area (Å²) in [4.78, 5) is 0.0679. The summed E-state index contributed by atoms with van der Waals surface area (Å²) in [6.45, 7) is 4.30. The van der Waals surface area contributed by atoms with Gasteiger partial charge in [0, 0.05) is 11.0 Å². The van der Waals surface area contributed by atoms with E-state index in [4.69, 9.17) is 0 Å². The van der Waals surface area contributed by atoms with E-state index in [0.29, 0.717) is 6.54 Å². The second-order valence-corrected chi connectivity index (χ2v) is 8.93. The Labute approximate surface area is 145 Å². The van der Waals surface area contributed by atoms with Gasteiger partial charge < -0.3 is 0 Å². The summed E-state index contributed by atoms with van der Waals surface area (Å²) in [5.41, 5.74) is 0.889. The zero-order chi connectivity index (χ0) is 17.1. The van der Waals surface area contributed by atoms with Gasteiger partial charge in [0.2, 0.25) is 10.0 Å². The first-order valence-electron chi connectivity index (χ1n) is 7.18. The number of hydrogen-bond acceptors (Lipinski definition) is 2. The molecule has 0 amide bonds. The van der Waals surface area contributed by atoms with Crippen LogP contribution < -0.4 is 4.72 Å². The molecule has 0 spiro atoms. The van der Waals surface area contributed by atoms with E-state index in [9.17, 15) is 12.8 Å². The standard InChI is InChI=1S/C17H19BrFNO2S/c1-17(2,11-13-3-5-14(18)6-4-13)12-20-23(21,22)16-9-7-15(19)8-10-16/h3-10,20H,11-12H2,1-2H3. The maximum absolute atomic E-state index is 12.9. The highest BCUT2D eigenvalue weighted by Gasteiger charge is 2.23. The second-order valence-electron chi connectivity index (χ2n) is 6.25. The van der Waals surface area contributed by atoms with Crippen LogP contribution in [0.15, 0.2) is 57.9 Å². The zero-order valence-electron chi connectivity index (χ0n) is 13.0. The van der Waals surface area contributed by atoms with E-state index in [0.717, 1.165) is 28.6 Å². The van der Waals surface area contributed by atoms with Gasteiger partial charge in [-0.25, -0.2) is 17.5 Å². The van der Waals surface area contributed by atoms with Crippen molar-refractivity contribution in [1.82, 2.24) is 4.72 Å². The molecule has 0 saturated carbocycles. The largest absolute Gasteiger partial charge is 0.240 e. The Morgan fingerprint density at radius 1 is 1.04 bits per heavy atom. The fourth-order valence-corrected chi connectivity index (χ4v) is 3.71. The lowest BCUT2D eigenvalue weighted by Gasteiger charge is -2.25. The Balaban J connectivity index is 2.02. The first kappa shape index (κ1) is 18.1. The monoisotopic (exact) mass is 399 g/mol. The highest BCUT2D eigenvalue weighted by Crippen LogP contribution is 2.23. The van der Waals surface area contributed by atoms with E-state index in [1.807, 2.05) is 38.1 Å². The molecule has 0 saturated heterocycles. The summed E-state index contributed by atoms with van der Waals surface area (Å²) >= 11 is 3.39. The molecule has 0 aliphatic carbocycles. The maximum Gasteiger partial charge on any atom is 0.240 e. The Bertz CT molecular complexity index is 756. The van der Waals surface area contributed by atoms with Gasteiger partial charge in [-0.1, -0.05) is 41.9 Å². The molecule has 0 aliphatic heterocycles. The van der Waals surface area contributed by atoms with Crippen LogP contribution in [0.2, 0.25) is 0 Å². The Morgan fingerprint density at radius 2 is 1.61 bits per heavy atom. The molecule has 2 aromatic rings. The van der Waals surface area contributed by atoms with Gasteiger partial charge in [-0.05, 0) is 53.8 Å². The molecule has 0 aromatic heterocycles. The van der Waals surface area contributed by atoms with Gasteiger partial charge in [0.25, 0.3) is 0 Å². The molecule has 1 N–H and O–H groups in total. The third kappa shape index (κ3) is 5.41. The maximum atomic E-state index is 12.9. The molecule has 0 fully saturated rings. The van der Waals surface area contributed by atoms with Crippen molar-refractivity contribution in [2.75, 3.05) is 6.54 Å². The number of rotatable bonds is 6. The molecular weight excluding hydrogens is 381 g/mol. The summed E-state index contributed by atoms with van der Waals surface area (Å²) in [5.74, 6) is -0.459. The smallest absolute Gasteiger partial charge is 0.211 e. The highest BCUT2D eigenvalue weighted by atomic mass is 79.9. The molecule has 0 atom stereocenters. The van der Waals surface area contributed by atoms with Crippen molar-refractivity contribution in [3.63, 3.8) is 0 Å². The van der Waals surface area contributed by atoms with Gasteiger partial charge in [0.15, 0.2) is 0 Å². The van der Waals surface area contributed by atoms with Crippen molar-refractivity contribution in [2.45, 2.75) is 25.2 Å². The topological polar surface area (TPSA) is 46.2 Å². The highest BCUT2D eigenvalue weighted by molar-refractivity contribution is 9.10. The molecule has 2 aromatic carbocycles. The molecule has 0 aliphatic rings. The molecule has 124 valence electrons. The molecule has 0 unspecified atom stereocenters. The molecule has 2 rings (SSSR count). The van der Waals surface area contributed by atoms with Crippen molar-refractivity contribution in [3.8, 4) is 0 Å². The zero-order valence-corrected chi connectivity index (χ0v) is 15.4. The van der Waals surface area contributed by atoms with Crippen LogP contribution in [-0.4, -0.2) is 15.0 Å². The van der Waals surface area contributed by atoms with E-state index in [2.05, 4.69) is 20.7 Å². The van der Waals surface area contributed by atoms with Crippen LogP contribution in [0.3, 0.4) is 0 Å². The second kappa shape index (κ2) is 7.11. The summed E-state index contributed by atoms with van der Waals surface area (Å²) in [6.07, 6.45) is 0.742. The lowest BCUT2D eigenvalue weighted by Crippen LogP contribution is -2.35. The van der Waals surface area contributed by atoms with Crippen molar-refractivity contribution >= 4 is 26.0 Å². The number of hydrogen-bond donors (Lipinski definition) is 1. The van der Waals surface area contributed by atoms with Crippen molar-refractivity contribution < 1.29 is 12.8 Å². The average molecular weight is 400 g/mol.